The normalized spacial score (nSPS) is 18.8. The molecule has 6 nitrogen and oxygen atoms in total. The fraction of sp³-hybridized carbons (Fsp3) is 0.500. The number of hydrogen-bond donors (Lipinski definition) is 1. The molecule has 21 heavy (non-hydrogen) atoms. The molecule has 0 saturated carbocycles. The van der Waals surface area contributed by atoms with Crippen molar-refractivity contribution in [1.29, 1.82) is 0 Å². The molecule has 1 aromatic heterocycles. The molecule has 3 amide bonds. The Kier molecular flexibility index (Phi) is 4.82. The summed E-state index contributed by atoms with van der Waals surface area (Å²) in [6.07, 6.45) is 3.20. The number of nitrogens with zero attached hydrogens (tertiary/aromatic N) is 2. The molecule has 1 aromatic rings. The highest BCUT2D eigenvalue weighted by Crippen LogP contribution is 2.20. The van der Waals surface area contributed by atoms with Crippen LogP contribution in [0.15, 0.2) is 16.7 Å². The smallest absolute Gasteiger partial charge is 0.271 e. The summed E-state index contributed by atoms with van der Waals surface area (Å²) >= 11 is 3.36. The van der Waals surface area contributed by atoms with Crippen LogP contribution in [0.5, 0.6) is 0 Å². The maximum Gasteiger partial charge on any atom is 0.271 e. The molecule has 1 unspecified atom stereocenters. The average Bonchev–Trinajstić information content (AvgIpc) is 2.78. The Labute approximate surface area is 131 Å². The van der Waals surface area contributed by atoms with Gasteiger partial charge in [0.15, 0.2) is 0 Å². The molecule has 1 N–H and O–H groups in total. The third kappa shape index (κ3) is 3.18. The van der Waals surface area contributed by atoms with Crippen molar-refractivity contribution >= 4 is 33.7 Å². The number of piperazine rings is 1. The van der Waals surface area contributed by atoms with Crippen molar-refractivity contribution in [1.82, 2.24) is 14.8 Å². The molecule has 0 bridgehead atoms. The highest BCUT2D eigenvalue weighted by molar-refractivity contribution is 9.10. The first-order chi connectivity index (χ1) is 9.97. The second-order valence-electron chi connectivity index (χ2n) is 5.01. The first-order valence-electron chi connectivity index (χ1n) is 6.98. The van der Waals surface area contributed by atoms with Gasteiger partial charge in [-0.3, -0.25) is 19.7 Å². The second-order valence-corrected chi connectivity index (χ2v) is 5.92. The van der Waals surface area contributed by atoms with E-state index in [0.717, 1.165) is 10.9 Å². The monoisotopic (exact) mass is 355 g/mol. The van der Waals surface area contributed by atoms with Crippen LogP contribution in [0, 0.1) is 0 Å². The van der Waals surface area contributed by atoms with Crippen LogP contribution in [0.3, 0.4) is 0 Å². The number of carbonyl (C=O) groups excluding carboxylic acids is 3. The highest BCUT2D eigenvalue weighted by atomic mass is 79.9. The number of rotatable bonds is 4. The predicted molar refractivity (Wildman–Crippen MR) is 80.7 cm³/mol. The van der Waals surface area contributed by atoms with E-state index in [9.17, 15) is 14.4 Å². The van der Waals surface area contributed by atoms with Gasteiger partial charge in [0.1, 0.15) is 18.3 Å². The van der Waals surface area contributed by atoms with Crippen LogP contribution in [-0.2, 0) is 16.1 Å². The largest absolute Gasteiger partial charge is 0.342 e. The number of aryl methyl sites for hydroxylation is 1. The van der Waals surface area contributed by atoms with Gasteiger partial charge in [-0.2, -0.15) is 0 Å². The van der Waals surface area contributed by atoms with E-state index in [1.807, 2.05) is 24.6 Å². The summed E-state index contributed by atoms with van der Waals surface area (Å²) in [5.74, 6) is -1.13. The molecule has 1 atom stereocenters. The second kappa shape index (κ2) is 6.43. The van der Waals surface area contributed by atoms with Gasteiger partial charge >= 0.3 is 0 Å². The topological polar surface area (TPSA) is 71.4 Å². The van der Waals surface area contributed by atoms with Crippen LogP contribution in [0.25, 0.3) is 0 Å². The SMILES string of the molecule is CCCn1cc(Br)cc1C(=O)N1CC(=O)NC(=O)C1CC. The van der Waals surface area contributed by atoms with Crippen LogP contribution in [-0.4, -0.2) is 39.8 Å². The summed E-state index contributed by atoms with van der Waals surface area (Å²) in [6, 6.07) is 1.13. The lowest BCUT2D eigenvalue weighted by Gasteiger charge is -2.33. The van der Waals surface area contributed by atoms with Crippen LogP contribution >= 0.6 is 15.9 Å². The zero-order chi connectivity index (χ0) is 15.6. The van der Waals surface area contributed by atoms with Gasteiger partial charge in [-0.25, -0.2) is 0 Å². The zero-order valence-electron chi connectivity index (χ0n) is 12.1. The zero-order valence-corrected chi connectivity index (χ0v) is 13.6. The van der Waals surface area contributed by atoms with E-state index >= 15 is 0 Å². The molecule has 0 spiro atoms. The van der Waals surface area contributed by atoms with Gasteiger partial charge in [0.2, 0.25) is 11.8 Å². The number of amides is 3. The van der Waals surface area contributed by atoms with E-state index in [1.165, 1.54) is 4.90 Å². The molecule has 1 aliphatic rings. The summed E-state index contributed by atoms with van der Waals surface area (Å²) in [4.78, 5) is 37.5. The van der Waals surface area contributed by atoms with Crippen molar-refractivity contribution < 1.29 is 14.4 Å². The van der Waals surface area contributed by atoms with E-state index in [2.05, 4.69) is 21.2 Å². The summed E-state index contributed by atoms with van der Waals surface area (Å²) in [5, 5.41) is 2.27. The Balaban J connectivity index is 2.33. The molecule has 2 heterocycles. The van der Waals surface area contributed by atoms with Crippen LogP contribution in [0.1, 0.15) is 37.2 Å². The Morgan fingerprint density at radius 2 is 2.14 bits per heavy atom. The summed E-state index contributed by atoms with van der Waals surface area (Å²) < 4.78 is 2.65. The van der Waals surface area contributed by atoms with Crippen molar-refractivity contribution in [2.24, 2.45) is 0 Å². The van der Waals surface area contributed by atoms with Crippen molar-refractivity contribution in [3.8, 4) is 0 Å². The Hall–Kier alpha value is -1.63. The molecule has 0 aromatic carbocycles. The first-order valence-corrected chi connectivity index (χ1v) is 7.77. The molecular weight excluding hydrogens is 338 g/mol. The third-order valence-corrected chi connectivity index (χ3v) is 3.88. The van der Waals surface area contributed by atoms with E-state index in [-0.39, 0.29) is 12.5 Å². The number of nitrogens with one attached hydrogen (secondary N) is 1. The minimum Gasteiger partial charge on any atom is -0.342 e. The standard InChI is InChI=1S/C14H18BrN3O3/c1-3-5-17-7-9(15)6-11(17)14(21)18-8-12(19)16-13(20)10(18)4-2/h6-7,10H,3-5,8H2,1-2H3,(H,16,19,20). The fourth-order valence-corrected chi connectivity index (χ4v) is 2.98. The highest BCUT2D eigenvalue weighted by Gasteiger charge is 2.36. The van der Waals surface area contributed by atoms with Gasteiger partial charge in [0.25, 0.3) is 5.91 Å². The molecule has 7 heteroatoms. The van der Waals surface area contributed by atoms with Crippen LogP contribution in [0.2, 0.25) is 0 Å². The molecule has 114 valence electrons. The number of carbonyl (C=O) groups is 3. The van der Waals surface area contributed by atoms with E-state index < -0.39 is 17.9 Å². The Morgan fingerprint density at radius 1 is 1.43 bits per heavy atom. The van der Waals surface area contributed by atoms with E-state index in [4.69, 9.17) is 0 Å². The quantitative estimate of drug-likeness (QED) is 0.832. The van der Waals surface area contributed by atoms with Gasteiger partial charge < -0.3 is 9.47 Å². The lowest BCUT2D eigenvalue weighted by molar-refractivity contribution is -0.138. The van der Waals surface area contributed by atoms with Gasteiger partial charge in [0.05, 0.1) is 0 Å². The molecule has 0 radical (unpaired) electrons. The molecule has 1 aliphatic heterocycles. The van der Waals surface area contributed by atoms with Crippen molar-refractivity contribution in [2.45, 2.75) is 39.3 Å². The Bertz CT molecular complexity index is 582. The lowest BCUT2D eigenvalue weighted by atomic mass is 10.1. The van der Waals surface area contributed by atoms with E-state index in [1.54, 1.807) is 6.07 Å². The number of hydrogen-bond acceptors (Lipinski definition) is 3. The number of halogens is 1. The predicted octanol–water partition coefficient (Wildman–Crippen LogP) is 1.54. The average molecular weight is 356 g/mol. The van der Waals surface area contributed by atoms with Crippen molar-refractivity contribution in [3.05, 3.63) is 22.4 Å². The maximum absolute atomic E-state index is 12.7. The molecule has 1 fully saturated rings. The van der Waals surface area contributed by atoms with Crippen LogP contribution in [0.4, 0.5) is 0 Å². The van der Waals surface area contributed by atoms with Crippen LogP contribution < -0.4 is 5.32 Å². The van der Waals surface area contributed by atoms with Gasteiger partial charge in [-0.1, -0.05) is 13.8 Å². The van der Waals surface area contributed by atoms with E-state index in [0.29, 0.717) is 18.7 Å². The number of aromatic nitrogens is 1. The number of imide groups is 1. The lowest BCUT2D eigenvalue weighted by Crippen LogP contribution is -2.59. The first kappa shape index (κ1) is 15.8. The molecular formula is C14H18BrN3O3. The molecule has 2 rings (SSSR count). The molecule has 0 aliphatic carbocycles. The van der Waals surface area contributed by atoms with Crippen molar-refractivity contribution in [2.75, 3.05) is 6.54 Å². The van der Waals surface area contributed by atoms with Crippen molar-refractivity contribution in [3.63, 3.8) is 0 Å². The summed E-state index contributed by atoms with van der Waals surface area (Å²) in [7, 11) is 0. The minimum atomic E-state index is -0.598. The fourth-order valence-electron chi connectivity index (χ4n) is 2.51. The van der Waals surface area contributed by atoms with Gasteiger partial charge in [-0.15, -0.1) is 0 Å². The summed E-state index contributed by atoms with van der Waals surface area (Å²) in [5.41, 5.74) is 0.490. The molecule has 1 saturated heterocycles. The van der Waals surface area contributed by atoms with Gasteiger partial charge in [-0.05, 0) is 34.8 Å². The minimum absolute atomic E-state index is 0.0853. The van der Waals surface area contributed by atoms with Gasteiger partial charge in [0, 0.05) is 17.2 Å². The third-order valence-electron chi connectivity index (χ3n) is 3.45. The Morgan fingerprint density at radius 3 is 2.76 bits per heavy atom. The maximum atomic E-state index is 12.7. The summed E-state index contributed by atoms with van der Waals surface area (Å²) in [6.45, 7) is 4.46.